The topological polar surface area (TPSA) is 42.4 Å². The molecule has 0 aliphatic carbocycles. The molecule has 1 aromatic heterocycles. The second-order valence-corrected chi connectivity index (χ2v) is 4.43. The highest BCUT2D eigenvalue weighted by Gasteiger charge is 2.12. The van der Waals surface area contributed by atoms with Crippen LogP contribution in [0.15, 0.2) is 36.7 Å². The second kappa shape index (κ2) is 5.19. The first kappa shape index (κ1) is 12.6. The predicted molar refractivity (Wildman–Crippen MR) is 70.8 cm³/mol. The Morgan fingerprint density at radius 3 is 2.56 bits per heavy atom. The van der Waals surface area contributed by atoms with Gasteiger partial charge in [-0.15, -0.1) is 0 Å². The van der Waals surface area contributed by atoms with E-state index in [1.54, 1.807) is 19.5 Å². The molecule has 1 unspecified atom stereocenters. The molecule has 0 saturated carbocycles. The van der Waals surface area contributed by atoms with Crippen LogP contribution < -0.4 is 4.74 Å². The van der Waals surface area contributed by atoms with E-state index in [9.17, 15) is 5.11 Å². The number of pyridine rings is 1. The standard InChI is InChI=1S/C15H17NO2/c1-10-6-13(9-16-8-10)15(17)12-5-4-11(2)14(7-12)18-3/h4-9,15,17H,1-3H3. The molecule has 2 aromatic rings. The number of rotatable bonds is 3. The lowest BCUT2D eigenvalue weighted by Gasteiger charge is -2.14. The van der Waals surface area contributed by atoms with Crippen LogP contribution in [0, 0.1) is 13.8 Å². The summed E-state index contributed by atoms with van der Waals surface area (Å²) in [6.07, 6.45) is 2.78. The zero-order chi connectivity index (χ0) is 13.1. The third-order valence-electron chi connectivity index (χ3n) is 2.96. The number of nitrogens with zero attached hydrogens (tertiary/aromatic N) is 1. The van der Waals surface area contributed by atoms with Crippen molar-refractivity contribution in [2.24, 2.45) is 0 Å². The Bertz CT molecular complexity index is 552. The van der Waals surface area contributed by atoms with Crippen LogP contribution in [0.25, 0.3) is 0 Å². The molecule has 0 spiro atoms. The van der Waals surface area contributed by atoms with Crippen molar-refractivity contribution in [3.63, 3.8) is 0 Å². The van der Waals surface area contributed by atoms with Crippen molar-refractivity contribution in [3.8, 4) is 5.75 Å². The van der Waals surface area contributed by atoms with E-state index in [0.29, 0.717) is 0 Å². The highest BCUT2D eigenvalue weighted by atomic mass is 16.5. The number of aryl methyl sites for hydroxylation is 2. The van der Waals surface area contributed by atoms with Crippen molar-refractivity contribution in [3.05, 3.63) is 58.9 Å². The fourth-order valence-corrected chi connectivity index (χ4v) is 1.93. The van der Waals surface area contributed by atoms with Crippen molar-refractivity contribution in [2.75, 3.05) is 7.11 Å². The highest BCUT2D eigenvalue weighted by molar-refractivity contribution is 5.40. The summed E-state index contributed by atoms with van der Waals surface area (Å²) < 4.78 is 5.27. The van der Waals surface area contributed by atoms with Gasteiger partial charge in [-0.2, -0.15) is 0 Å². The molecular formula is C15H17NO2. The summed E-state index contributed by atoms with van der Waals surface area (Å²) in [6, 6.07) is 7.65. The minimum atomic E-state index is -0.674. The molecular weight excluding hydrogens is 226 g/mol. The molecule has 0 radical (unpaired) electrons. The number of aliphatic hydroxyl groups is 1. The van der Waals surface area contributed by atoms with Gasteiger partial charge in [0.05, 0.1) is 7.11 Å². The van der Waals surface area contributed by atoms with Gasteiger partial charge in [0, 0.05) is 18.0 Å². The Hall–Kier alpha value is -1.87. The van der Waals surface area contributed by atoms with E-state index in [1.165, 1.54) is 0 Å². The molecule has 0 saturated heterocycles. The summed E-state index contributed by atoms with van der Waals surface area (Å²) in [5.74, 6) is 0.784. The monoisotopic (exact) mass is 243 g/mol. The van der Waals surface area contributed by atoms with Gasteiger partial charge < -0.3 is 9.84 Å². The Morgan fingerprint density at radius 1 is 1.11 bits per heavy atom. The third kappa shape index (κ3) is 2.51. The van der Waals surface area contributed by atoms with Crippen LogP contribution >= 0.6 is 0 Å². The van der Waals surface area contributed by atoms with E-state index in [-0.39, 0.29) is 0 Å². The lowest BCUT2D eigenvalue weighted by molar-refractivity contribution is 0.219. The normalized spacial score (nSPS) is 12.2. The lowest BCUT2D eigenvalue weighted by atomic mass is 10.0. The lowest BCUT2D eigenvalue weighted by Crippen LogP contribution is -2.01. The van der Waals surface area contributed by atoms with Gasteiger partial charge in [0.1, 0.15) is 11.9 Å². The van der Waals surface area contributed by atoms with E-state index in [1.807, 2.05) is 38.1 Å². The van der Waals surface area contributed by atoms with Crippen molar-refractivity contribution in [1.29, 1.82) is 0 Å². The minimum absolute atomic E-state index is 0.674. The molecule has 3 nitrogen and oxygen atoms in total. The summed E-state index contributed by atoms with van der Waals surface area (Å²) in [4.78, 5) is 4.10. The van der Waals surface area contributed by atoms with E-state index in [2.05, 4.69) is 4.98 Å². The maximum atomic E-state index is 10.3. The summed E-state index contributed by atoms with van der Waals surface area (Å²) >= 11 is 0. The first-order valence-electron chi connectivity index (χ1n) is 5.86. The minimum Gasteiger partial charge on any atom is -0.496 e. The molecule has 1 aromatic carbocycles. The van der Waals surface area contributed by atoms with Gasteiger partial charge in [-0.3, -0.25) is 4.98 Å². The SMILES string of the molecule is COc1cc(C(O)c2cncc(C)c2)ccc1C. The zero-order valence-corrected chi connectivity index (χ0v) is 10.8. The Balaban J connectivity index is 2.36. The number of aromatic nitrogens is 1. The molecule has 2 rings (SSSR count). The van der Waals surface area contributed by atoms with Crippen molar-refractivity contribution in [2.45, 2.75) is 20.0 Å². The van der Waals surface area contributed by atoms with Gasteiger partial charge in [0.25, 0.3) is 0 Å². The maximum absolute atomic E-state index is 10.3. The molecule has 18 heavy (non-hydrogen) atoms. The maximum Gasteiger partial charge on any atom is 0.122 e. The molecule has 0 aliphatic heterocycles. The fraction of sp³-hybridized carbons (Fsp3) is 0.267. The summed E-state index contributed by atoms with van der Waals surface area (Å²) in [7, 11) is 1.63. The van der Waals surface area contributed by atoms with Crippen LogP contribution in [0.2, 0.25) is 0 Å². The van der Waals surface area contributed by atoms with Crippen LogP contribution in [0.3, 0.4) is 0 Å². The van der Waals surface area contributed by atoms with Crippen molar-refractivity contribution < 1.29 is 9.84 Å². The predicted octanol–water partition coefficient (Wildman–Crippen LogP) is 2.79. The number of aliphatic hydroxyl groups excluding tert-OH is 1. The number of benzene rings is 1. The fourth-order valence-electron chi connectivity index (χ4n) is 1.93. The molecule has 1 heterocycles. The zero-order valence-electron chi connectivity index (χ0n) is 10.8. The molecule has 1 atom stereocenters. The quantitative estimate of drug-likeness (QED) is 0.901. The molecule has 94 valence electrons. The van der Waals surface area contributed by atoms with Crippen LogP contribution in [-0.2, 0) is 0 Å². The van der Waals surface area contributed by atoms with Crippen LogP contribution in [0.5, 0.6) is 5.75 Å². The number of hydrogen-bond acceptors (Lipinski definition) is 3. The van der Waals surface area contributed by atoms with Crippen molar-refractivity contribution >= 4 is 0 Å². The van der Waals surface area contributed by atoms with Crippen LogP contribution in [0.4, 0.5) is 0 Å². The largest absolute Gasteiger partial charge is 0.496 e. The van der Waals surface area contributed by atoms with Gasteiger partial charge in [-0.1, -0.05) is 18.2 Å². The van der Waals surface area contributed by atoms with Crippen LogP contribution in [-0.4, -0.2) is 17.2 Å². The molecule has 0 fully saturated rings. The average molecular weight is 243 g/mol. The summed E-state index contributed by atoms with van der Waals surface area (Å²) in [5, 5.41) is 10.3. The Morgan fingerprint density at radius 2 is 1.89 bits per heavy atom. The summed E-state index contributed by atoms with van der Waals surface area (Å²) in [5.41, 5.74) is 3.69. The third-order valence-corrected chi connectivity index (χ3v) is 2.96. The highest BCUT2D eigenvalue weighted by Crippen LogP contribution is 2.27. The summed E-state index contributed by atoms with van der Waals surface area (Å²) in [6.45, 7) is 3.93. The molecule has 0 amide bonds. The second-order valence-electron chi connectivity index (χ2n) is 4.43. The van der Waals surface area contributed by atoms with Gasteiger partial charge in [0.15, 0.2) is 0 Å². The van der Waals surface area contributed by atoms with Crippen LogP contribution in [0.1, 0.15) is 28.4 Å². The number of methoxy groups -OCH3 is 1. The smallest absolute Gasteiger partial charge is 0.122 e. The Labute approximate surface area is 107 Å². The van der Waals surface area contributed by atoms with Gasteiger partial charge in [0.2, 0.25) is 0 Å². The first-order valence-corrected chi connectivity index (χ1v) is 5.86. The molecule has 1 N–H and O–H groups in total. The van der Waals surface area contributed by atoms with Gasteiger partial charge >= 0.3 is 0 Å². The van der Waals surface area contributed by atoms with Gasteiger partial charge in [-0.05, 0) is 36.6 Å². The molecule has 0 aliphatic rings. The van der Waals surface area contributed by atoms with Gasteiger partial charge in [-0.25, -0.2) is 0 Å². The molecule has 0 bridgehead atoms. The first-order chi connectivity index (χ1) is 8.61. The van der Waals surface area contributed by atoms with E-state index < -0.39 is 6.10 Å². The van der Waals surface area contributed by atoms with E-state index >= 15 is 0 Å². The number of ether oxygens (including phenoxy) is 1. The van der Waals surface area contributed by atoms with Crippen molar-refractivity contribution in [1.82, 2.24) is 4.98 Å². The average Bonchev–Trinajstić information content (AvgIpc) is 2.38. The Kier molecular flexibility index (Phi) is 3.63. The molecule has 3 heteroatoms. The number of hydrogen-bond donors (Lipinski definition) is 1. The van der Waals surface area contributed by atoms with E-state index in [4.69, 9.17) is 4.74 Å². The van der Waals surface area contributed by atoms with E-state index in [0.717, 1.165) is 28.0 Å².